The van der Waals surface area contributed by atoms with Crippen molar-refractivity contribution in [2.24, 2.45) is 0 Å². The van der Waals surface area contributed by atoms with Crippen LogP contribution in [0.3, 0.4) is 0 Å². The number of benzene rings is 1. The summed E-state index contributed by atoms with van der Waals surface area (Å²) in [7, 11) is 0. The molecule has 0 saturated carbocycles. The molecule has 0 atom stereocenters. The Hall–Kier alpha value is -1.26. The molecular formula is C16H18BrClN2O. The molecule has 0 saturated heterocycles. The molecule has 0 aliphatic carbocycles. The van der Waals surface area contributed by atoms with Crippen LogP contribution in [0.5, 0.6) is 0 Å². The number of aryl methyl sites for hydroxylation is 1. The third-order valence-electron chi connectivity index (χ3n) is 3.15. The van der Waals surface area contributed by atoms with E-state index in [1.807, 2.05) is 41.1 Å². The number of nitrogens with one attached hydrogen (secondary N) is 1. The first-order valence-electron chi connectivity index (χ1n) is 6.98. The minimum Gasteiger partial charge on any atom is -0.350 e. The molecule has 21 heavy (non-hydrogen) atoms. The van der Waals surface area contributed by atoms with Gasteiger partial charge in [0, 0.05) is 28.8 Å². The Morgan fingerprint density at radius 1 is 1.38 bits per heavy atom. The van der Waals surface area contributed by atoms with Crippen molar-refractivity contribution in [3.8, 4) is 0 Å². The third kappa shape index (κ3) is 4.61. The van der Waals surface area contributed by atoms with Crippen molar-refractivity contribution in [3.05, 3.63) is 57.3 Å². The first-order valence-corrected chi connectivity index (χ1v) is 8.15. The van der Waals surface area contributed by atoms with E-state index in [1.165, 1.54) is 0 Å². The van der Waals surface area contributed by atoms with Gasteiger partial charge >= 0.3 is 0 Å². The number of aromatic nitrogens is 1. The molecule has 112 valence electrons. The highest BCUT2D eigenvalue weighted by Gasteiger charge is 2.12. The van der Waals surface area contributed by atoms with Gasteiger partial charge in [-0.15, -0.1) is 0 Å². The fourth-order valence-corrected chi connectivity index (χ4v) is 2.87. The Bertz CT molecular complexity index is 624. The quantitative estimate of drug-likeness (QED) is 0.810. The summed E-state index contributed by atoms with van der Waals surface area (Å²) in [6.07, 6.45) is 3.70. The summed E-state index contributed by atoms with van der Waals surface area (Å²) in [4.78, 5) is 12.2. The lowest BCUT2D eigenvalue weighted by molar-refractivity contribution is 0.0944. The second-order valence-electron chi connectivity index (χ2n) is 4.87. The highest BCUT2D eigenvalue weighted by Crippen LogP contribution is 2.15. The molecule has 0 aliphatic heterocycles. The summed E-state index contributed by atoms with van der Waals surface area (Å²) >= 11 is 9.36. The average molecular weight is 370 g/mol. The molecule has 2 rings (SSSR count). The van der Waals surface area contributed by atoms with Gasteiger partial charge in [-0.1, -0.05) is 30.7 Å². The summed E-state index contributed by atoms with van der Waals surface area (Å²) in [5.74, 6) is -0.0452. The van der Waals surface area contributed by atoms with E-state index >= 15 is 0 Å². The van der Waals surface area contributed by atoms with E-state index in [9.17, 15) is 4.79 Å². The fraction of sp³-hybridized carbons (Fsp3) is 0.312. The Balaban J connectivity index is 1.93. The van der Waals surface area contributed by atoms with Crippen molar-refractivity contribution in [3.63, 3.8) is 0 Å². The van der Waals surface area contributed by atoms with E-state index in [0.717, 1.165) is 34.4 Å². The van der Waals surface area contributed by atoms with Gasteiger partial charge in [-0.05, 0) is 52.5 Å². The first kappa shape index (κ1) is 16.1. The molecule has 1 heterocycles. The van der Waals surface area contributed by atoms with Crippen LogP contribution in [0.1, 0.15) is 29.4 Å². The van der Waals surface area contributed by atoms with Gasteiger partial charge in [0.25, 0.3) is 5.91 Å². The lowest BCUT2D eigenvalue weighted by Gasteiger charge is -2.09. The SMILES string of the molecule is CCCn1cc(Br)cc1C(=O)NCCc1cccc(Cl)c1. The van der Waals surface area contributed by atoms with Gasteiger partial charge in [-0.25, -0.2) is 0 Å². The van der Waals surface area contributed by atoms with Crippen molar-refractivity contribution in [1.82, 2.24) is 9.88 Å². The topological polar surface area (TPSA) is 34.0 Å². The molecule has 1 amide bonds. The van der Waals surface area contributed by atoms with Crippen LogP contribution < -0.4 is 5.32 Å². The molecule has 1 aromatic heterocycles. The van der Waals surface area contributed by atoms with Crippen LogP contribution in [-0.4, -0.2) is 17.0 Å². The molecule has 0 bridgehead atoms. The number of carbonyl (C=O) groups is 1. The van der Waals surface area contributed by atoms with Crippen molar-refractivity contribution in [1.29, 1.82) is 0 Å². The first-order chi connectivity index (χ1) is 10.1. The summed E-state index contributed by atoms with van der Waals surface area (Å²) in [5.41, 5.74) is 1.81. The van der Waals surface area contributed by atoms with E-state index in [0.29, 0.717) is 12.2 Å². The predicted octanol–water partition coefficient (Wildman–Crippen LogP) is 4.29. The number of amides is 1. The normalized spacial score (nSPS) is 10.6. The molecular weight excluding hydrogens is 352 g/mol. The summed E-state index contributed by atoms with van der Waals surface area (Å²) in [6, 6.07) is 9.55. The molecule has 1 N–H and O–H groups in total. The van der Waals surface area contributed by atoms with Crippen LogP contribution in [0.2, 0.25) is 5.02 Å². The van der Waals surface area contributed by atoms with Gasteiger partial charge < -0.3 is 9.88 Å². The fourth-order valence-electron chi connectivity index (χ4n) is 2.19. The minimum absolute atomic E-state index is 0.0452. The Kier molecular flexibility index (Phi) is 5.88. The summed E-state index contributed by atoms with van der Waals surface area (Å²) in [5, 5.41) is 3.68. The van der Waals surface area contributed by atoms with Crippen LogP contribution in [0.25, 0.3) is 0 Å². The van der Waals surface area contributed by atoms with Crippen molar-refractivity contribution in [2.45, 2.75) is 26.3 Å². The monoisotopic (exact) mass is 368 g/mol. The van der Waals surface area contributed by atoms with E-state index < -0.39 is 0 Å². The van der Waals surface area contributed by atoms with E-state index in [2.05, 4.69) is 28.2 Å². The molecule has 2 aromatic rings. The molecule has 0 fully saturated rings. The molecule has 0 radical (unpaired) electrons. The zero-order valence-electron chi connectivity index (χ0n) is 11.9. The number of halogens is 2. The number of hydrogen-bond acceptors (Lipinski definition) is 1. The summed E-state index contributed by atoms with van der Waals surface area (Å²) < 4.78 is 2.90. The maximum Gasteiger partial charge on any atom is 0.267 e. The average Bonchev–Trinajstić information content (AvgIpc) is 2.80. The molecule has 0 unspecified atom stereocenters. The van der Waals surface area contributed by atoms with Gasteiger partial charge in [-0.3, -0.25) is 4.79 Å². The predicted molar refractivity (Wildman–Crippen MR) is 89.9 cm³/mol. The second kappa shape index (κ2) is 7.66. The van der Waals surface area contributed by atoms with Crippen LogP contribution >= 0.6 is 27.5 Å². The largest absolute Gasteiger partial charge is 0.350 e. The smallest absolute Gasteiger partial charge is 0.267 e. The lowest BCUT2D eigenvalue weighted by Crippen LogP contribution is -2.27. The van der Waals surface area contributed by atoms with E-state index in [1.54, 1.807) is 0 Å². The van der Waals surface area contributed by atoms with Crippen molar-refractivity contribution in [2.75, 3.05) is 6.54 Å². The van der Waals surface area contributed by atoms with Crippen LogP contribution in [0.15, 0.2) is 41.0 Å². The zero-order valence-corrected chi connectivity index (χ0v) is 14.2. The summed E-state index contributed by atoms with van der Waals surface area (Å²) in [6.45, 7) is 3.52. The maximum absolute atomic E-state index is 12.2. The van der Waals surface area contributed by atoms with Crippen molar-refractivity contribution < 1.29 is 4.79 Å². The van der Waals surface area contributed by atoms with Gasteiger partial charge in [0.15, 0.2) is 0 Å². The number of rotatable bonds is 6. The molecule has 5 heteroatoms. The Labute approximate surface area is 138 Å². The number of carbonyl (C=O) groups excluding carboxylic acids is 1. The van der Waals surface area contributed by atoms with Gasteiger partial charge in [-0.2, -0.15) is 0 Å². The number of hydrogen-bond donors (Lipinski definition) is 1. The highest BCUT2D eigenvalue weighted by atomic mass is 79.9. The van der Waals surface area contributed by atoms with Crippen LogP contribution in [0.4, 0.5) is 0 Å². The molecule has 0 spiro atoms. The standard InChI is InChI=1S/C16H18BrClN2O/c1-2-8-20-11-13(17)10-15(20)16(21)19-7-6-12-4-3-5-14(18)9-12/h3-5,9-11H,2,6-8H2,1H3,(H,19,21). The van der Waals surface area contributed by atoms with Gasteiger partial charge in [0.05, 0.1) is 0 Å². The van der Waals surface area contributed by atoms with E-state index in [4.69, 9.17) is 11.6 Å². The molecule has 3 nitrogen and oxygen atoms in total. The second-order valence-corrected chi connectivity index (χ2v) is 6.22. The van der Waals surface area contributed by atoms with Crippen LogP contribution in [0, 0.1) is 0 Å². The zero-order chi connectivity index (χ0) is 15.2. The van der Waals surface area contributed by atoms with Gasteiger partial charge in [0.2, 0.25) is 0 Å². The Morgan fingerprint density at radius 2 is 2.19 bits per heavy atom. The van der Waals surface area contributed by atoms with Crippen molar-refractivity contribution >= 4 is 33.4 Å². The minimum atomic E-state index is -0.0452. The molecule has 1 aromatic carbocycles. The molecule has 0 aliphatic rings. The Morgan fingerprint density at radius 3 is 2.90 bits per heavy atom. The van der Waals surface area contributed by atoms with E-state index in [-0.39, 0.29) is 5.91 Å². The number of nitrogens with zero attached hydrogens (tertiary/aromatic N) is 1. The lowest BCUT2D eigenvalue weighted by atomic mass is 10.1. The third-order valence-corrected chi connectivity index (χ3v) is 3.82. The maximum atomic E-state index is 12.2. The van der Waals surface area contributed by atoms with Crippen LogP contribution in [-0.2, 0) is 13.0 Å². The highest BCUT2D eigenvalue weighted by molar-refractivity contribution is 9.10. The van der Waals surface area contributed by atoms with Gasteiger partial charge in [0.1, 0.15) is 5.69 Å².